The summed E-state index contributed by atoms with van der Waals surface area (Å²) in [5.41, 5.74) is -1.80. The summed E-state index contributed by atoms with van der Waals surface area (Å²) < 4.78 is 13.0. The lowest BCUT2D eigenvalue weighted by atomic mass is 10.2. The molecule has 9 heteroatoms. The van der Waals surface area contributed by atoms with Crippen LogP contribution in [0.3, 0.4) is 0 Å². The highest BCUT2D eigenvalue weighted by Gasteiger charge is 2.17. The van der Waals surface area contributed by atoms with Gasteiger partial charge in [-0.1, -0.05) is 0 Å². The van der Waals surface area contributed by atoms with E-state index in [1.165, 1.54) is 0 Å². The predicted octanol–water partition coefficient (Wildman–Crippen LogP) is 1.20. The molecule has 100 valence electrons. The first kappa shape index (κ1) is 14.1. The van der Waals surface area contributed by atoms with E-state index in [2.05, 4.69) is 5.32 Å². The topological polar surface area (TPSA) is 130 Å². The Labute approximate surface area is 104 Å². The fourth-order valence-electron chi connectivity index (χ4n) is 1.11. The average Bonchev–Trinajstić information content (AvgIpc) is 2.30. The first-order valence-electron chi connectivity index (χ1n) is 4.70. The maximum absolute atomic E-state index is 13.0. The van der Waals surface area contributed by atoms with Gasteiger partial charge in [-0.2, -0.15) is 4.39 Å². The zero-order chi connectivity index (χ0) is 14.6. The number of hydrogen-bond donors (Lipinski definition) is 3. The van der Waals surface area contributed by atoms with E-state index in [-0.39, 0.29) is 5.69 Å². The van der Waals surface area contributed by atoms with Crippen LogP contribution in [-0.4, -0.2) is 27.1 Å². The van der Waals surface area contributed by atoms with Gasteiger partial charge in [0.05, 0.1) is 4.92 Å². The van der Waals surface area contributed by atoms with Gasteiger partial charge in [0, 0.05) is 18.0 Å². The Morgan fingerprint density at radius 1 is 1.32 bits per heavy atom. The summed E-state index contributed by atoms with van der Waals surface area (Å²) in [5.74, 6) is -4.43. The molecule has 8 nitrogen and oxygen atoms in total. The second kappa shape index (κ2) is 5.58. The molecule has 0 aliphatic carbocycles. The molecule has 0 aromatic heterocycles. The standard InChI is InChI=1S/C10H7FN2O6/c11-7-2-1-5(3-8(7)13(18)19)12-4-6(9(14)15)10(16)17/h1-4,12H,(H,14,15)(H,16,17). The van der Waals surface area contributed by atoms with Gasteiger partial charge in [0.15, 0.2) is 5.57 Å². The van der Waals surface area contributed by atoms with Crippen LogP contribution in [0.1, 0.15) is 0 Å². The van der Waals surface area contributed by atoms with Crippen molar-refractivity contribution in [3.8, 4) is 0 Å². The lowest BCUT2D eigenvalue weighted by Crippen LogP contribution is -2.12. The lowest BCUT2D eigenvalue weighted by Gasteiger charge is -2.02. The van der Waals surface area contributed by atoms with Gasteiger partial charge in [0.1, 0.15) is 0 Å². The molecular weight excluding hydrogens is 263 g/mol. The number of carboxylic acids is 2. The third kappa shape index (κ3) is 3.49. The third-order valence-corrected chi connectivity index (χ3v) is 1.99. The summed E-state index contributed by atoms with van der Waals surface area (Å²) >= 11 is 0. The monoisotopic (exact) mass is 270 g/mol. The molecule has 0 amide bonds. The van der Waals surface area contributed by atoms with Crippen LogP contribution in [0.5, 0.6) is 0 Å². The summed E-state index contributed by atoms with van der Waals surface area (Å²) in [6.07, 6.45) is 0.641. The Hall–Kier alpha value is -2.97. The van der Waals surface area contributed by atoms with Gasteiger partial charge in [0.2, 0.25) is 5.82 Å². The number of nitrogens with zero attached hydrogens (tertiary/aromatic N) is 1. The van der Waals surface area contributed by atoms with Crippen molar-refractivity contribution in [2.45, 2.75) is 0 Å². The summed E-state index contributed by atoms with van der Waals surface area (Å²) in [5, 5.41) is 29.8. The summed E-state index contributed by atoms with van der Waals surface area (Å²) in [6.45, 7) is 0. The van der Waals surface area contributed by atoms with Crippen LogP contribution in [0, 0.1) is 15.9 Å². The molecule has 0 radical (unpaired) electrons. The largest absolute Gasteiger partial charge is 0.477 e. The fourth-order valence-corrected chi connectivity index (χ4v) is 1.11. The van der Waals surface area contributed by atoms with Gasteiger partial charge in [-0.05, 0) is 12.1 Å². The molecule has 0 aliphatic rings. The maximum atomic E-state index is 13.0. The zero-order valence-corrected chi connectivity index (χ0v) is 9.16. The molecule has 0 spiro atoms. The number of halogens is 1. The highest BCUT2D eigenvalue weighted by atomic mass is 19.1. The fraction of sp³-hybridized carbons (Fsp3) is 0. The molecule has 0 saturated heterocycles. The summed E-state index contributed by atoms with van der Waals surface area (Å²) in [7, 11) is 0. The smallest absolute Gasteiger partial charge is 0.344 e. The number of nitrogens with one attached hydrogen (secondary N) is 1. The lowest BCUT2D eigenvalue weighted by molar-refractivity contribution is -0.387. The Morgan fingerprint density at radius 2 is 1.89 bits per heavy atom. The first-order valence-corrected chi connectivity index (χ1v) is 4.70. The number of anilines is 1. The summed E-state index contributed by atoms with van der Waals surface area (Å²) in [4.78, 5) is 30.6. The molecule has 0 saturated carbocycles. The van der Waals surface area contributed by atoms with Crippen molar-refractivity contribution < 1.29 is 29.1 Å². The van der Waals surface area contributed by atoms with Gasteiger partial charge in [-0.3, -0.25) is 10.1 Å². The Bertz CT molecular complexity index is 567. The molecule has 1 aromatic rings. The van der Waals surface area contributed by atoms with E-state index in [0.717, 1.165) is 18.2 Å². The van der Waals surface area contributed by atoms with Crippen LogP contribution in [0.2, 0.25) is 0 Å². The number of rotatable bonds is 5. The van der Waals surface area contributed by atoms with Crippen molar-refractivity contribution in [2.75, 3.05) is 5.32 Å². The van der Waals surface area contributed by atoms with E-state index in [0.29, 0.717) is 6.20 Å². The van der Waals surface area contributed by atoms with Crippen molar-refractivity contribution in [1.29, 1.82) is 0 Å². The van der Waals surface area contributed by atoms with Gasteiger partial charge < -0.3 is 15.5 Å². The van der Waals surface area contributed by atoms with Gasteiger partial charge in [-0.25, -0.2) is 9.59 Å². The molecule has 19 heavy (non-hydrogen) atoms. The third-order valence-electron chi connectivity index (χ3n) is 1.99. The molecule has 0 fully saturated rings. The molecule has 0 bridgehead atoms. The maximum Gasteiger partial charge on any atom is 0.344 e. The number of hydrogen-bond acceptors (Lipinski definition) is 5. The number of nitro benzene ring substituents is 1. The van der Waals surface area contributed by atoms with Crippen LogP contribution in [0.25, 0.3) is 0 Å². The minimum absolute atomic E-state index is 0.0203. The van der Waals surface area contributed by atoms with E-state index >= 15 is 0 Å². The first-order chi connectivity index (χ1) is 8.82. The Morgan fingerprint density at radius 3 is 2.37 bits per heavy atom. The molecular formula is C10H7FN2O6. The second-order valence-corrected chi connectivity index (χ2v) is 3.24. The Balaban J connectivity index is 3.04. The average molecular weight is 270 g/mol. The number of carboxylic acid groups (broad SMARTS) is 2. The number of aliphatic carboxylic acids is 2. The highest BCUT2D eigenvalue weighted by Crippen LogP contribution is 2.21. The van der Waals surface area contributed by atoms with E-state index < -0.39 is 33.9 Å². The van der Waals surface area contributed by atoms with Crippen LogP contribution < -0.4 is 5.32 Å². The van der Waals surface area contributed by atoms with Gasteiger partial charge >= 0.3 is 17.6 Å². The second-order valence-electron chi connectivity index (χ2n) is 3.24. The van der Waals surface area contributed by atoms with Crippen LogP contribution >= 0.6 is 0 Å². The normalized spacial score (nSPS) is 9.53. The Kier molecular flexibility index (Phi) is 4.14. The minimum atomic E-state index is -1.68. The van der Waals surface area contributed by atoms with Crippen LogP contribution in [0.15, 0.2) is 30.0 Å². The van der Waals surface area contributed by atoms with Crippen molar-refractivity contribution in [3.63, 3.8) is 0 Å². The quantitative estimate of drug-likeness (QED) is 0.241. The molecule has 0 heterocycles. The van der Waals surface area contributed by atoms with Crippen molar-refractivity contribution in [3.05, 3.63) is 45.9 Å². The number of benzene rings is 1. The number of carbonyl (C=O) groups is 2. The summed E-state index contributed by atoms with van der Waals surface area (Å²) in [6, 6.07) is 2.71. The van der Waals surface area contributed by atoms with Crippen molar-refractivity contribution in [2.24, 2.45) is 0 Å². The SMILES string of the molecule is O=C(O)C(=CNc1ccc(F)c([N+](=O)[O-])c1)C(=O)O. The van der Waals surface area contributed by atoms with Crippen molar-refractivity contribution >= 4 is 23.3 Å². The highest BCUT2D eigenvalue weighted by molar-refractivity contribution is 6.12. The molecule has 1 rings (SSSR count). The predicted molar refractivity (Wildman–Crippen MR) is 60.0 cm³/mol. The molecule has 1 aromatic carbocycles. The zero-order valence-electron chi connectivity index (χ0n) is 9.16. The molecule has 0 unspecified atom stereocenters. The minimum Gasteiger partial charge on any atom is -0.477 e. The molecule has 0 aliphatic heterocycles. The van der Waals surface area contributed by atoms with Crippen LogP contribution in [-0.2, 0) is 9.59 Å². The number of nitro groups is 1. The van der Waals surface area contributed by atoms with E-state index in [1.807, 2.05) is 0 Å². The molecule has 3 N–H and O–H groups in total. The van der Waals surface area contributed by atoms with E-state index in [1.54, 1.807) is 0 Å². The van der Waals surface area contributed by atoms with E-state index in [9.17, 15) is 24.1 Å². The van der Waals surface area contributed by atoms with Gasteiger partial charge in [0.25, 0.3) is 0 Å². The molecule has 0 atom stereocenters. The van der Waals surface area contributed by atoms with Crippen LogP contribution in [0.4, 0.5) is 15.8 Å². The van der Waals surface area contributed by atoms with E-state index in [4.69, 9.17) is 10.2 Å². The van der Waals surface area contributed by atoms with Crippen molar-refractivity contribution in [1.82, 2.24) is 0 Å². The van der Waals surface area contributed by atoms with Gasteiger partial charge in [-0.15, -0.1) is 0 Å².